The molecule has 1 N–H and O–H groups in total. The molecule has 2 aliphatic heterocycles. The number of hydrogen-bond acceptors (Lipinski definition) is 11. The van der Waals surface area contributed by atoms with Crippen molar-refractivity contribution in [3.05, 3.63) is 52.6 Å². The quantitative estimate of drug-likeness (QED) is 0.374. The lowest BCUT2D eigenvalue weighted by molar-refractivity contribution is -0.384. The van der Waals surface area contributed by atoms with Gasteiger partial charge in [0.2, 0.25) is 11.9 Å². The maximum absolute atomic E-state index is 12.1. The standard InChI is InChI=1S/C25H31N9O3/c1-25(2)14-33(18-7-6-9-26-22(18)25)24-28-15-27-23(30-24)29-17-11-20(34(35)36)19(12-21(17)37-5)32-10-8-16(13-32)31(3)4/h6-7,9,11-12,15-16H,8,10,13-14H2,1-5H3,(H,27,28,29,30)/t16-/m1/s1. The summed E-state index contributed by atoms with van der Waals surface area (Å²) in [6, 6.07) is 7.42. The van der Waals surface area contributed by atoms with Crippen LogP contribution in [-0.2, 0) is 5.41 Å². The number of nitrogens with one attached hydrogen (secondary N) is 1. The van der Waals surface area contributed by atoms with Gasteiger partial charge < -0.3 is 24.8 Å². The second kappa shape index (κ2) is 9.43. The van der Waals surface area contributed by atoms with Crippen molar-refractivity contribution >= 4 is 34.6 Å². The Bertz CT molecular complexity index is 1330. The predicted molar refractivity (Wildman–Crippen MR) is 141 cm³/mol. The average Bonchev–Trinajstić information content (AvgIpc) is 3.47. The molecule has 0 aliphatic carbocycles. The number of ether oxygens (including phenoxy) is 1. The molecule has 37 heavy (non-hydrogen) atoms. The van der Waals surface area contributed by atoms with Crippen molar-refractivity contribution < 1.29 is 9.66 Å². The minimum atomic E-state index is -0.363. The molecule has 0 unspecified atom stereocenters. The molecule has 0 saturated carbocycles. The van der Waals surface area contributed by atoms with E-state index in [-0.39, 0.29) is 22.0 Å². The van der Waals surface area contributed by atoms with Crippen molar-refractivity contribution in [2.45, 2.75) is 31.7 Å². The number of nitrogens with zero attached hydrogens (tertiary/aromatic N) is 8. The van der Waals surface area contributed by atoms with Gasteiger partial charge >= 0.3 is 0 Å². The maximum atomic E-state index is 12.1. The molecule has 194 valence electrons. The molecule has 0 bridgehead atoms. The minimum absolute atomic E-state index is 0.00159. The number of aromatic nitrogens is 4. The number of rotatable bonds is 7. The lowest BCUT2D eigenvalue weighted by Crippen LogP contribution is -2.31. The Morgan fingerprint density at radius 3 is 2.73 bits per heavy atom. The molecule has 1 atom stereocenters. The molecule has 5 rings (SSSR count). The first-order valence-corrected chi connectivity index (χ1v) is 12.1. The van der Waals surface area contributed by atoms with Gasteiger partial charge in [0.1, 0.15) is 17.8 Å². The summed E-state index contributed by atoms with van der Waals surface area (Å²) in [7, 11) is 5.59. The van der Waals surface area contributed by atoms with Gasteiger partial charge in [-0.05, 0) is 32.6 Å². The molecule has 12 heteroatoms. The van der Waals surface area contributed by atoms with Crippen LogP contribution in [0.15, 0.2) is 36.8 Å². The number of nitro groups is 1. The lowest BCUT2D eigenvalue weighted by Gasteiger charge is -2.23. The highest BCUT2D eigenvalue weighted by molar-refractivity contribution is 5.77. The van der Waals surface area contributed by atoms with Crippen molar-refractivity contribution in [3.8, 4) is 5.75 Å². The zero-order chi connectivity index (χ0) is 26.3. The number of fused-ring (bicyclic) bond motifs is 1. The van der Waals surface area contributed by atoms with Crippen LogP contribution < -0.4 is 19.9 Å². The fraction of sp³-hybridized carbons (Fsp3) is 0.440. The molecular formula is C25H31N9O3. The predicted octanol–water partition coefficient (Wildman–Crippen LogP) is 3.50. The van der Waals surface area contributed by atoms with E-state index >= 15 is 0 Å². The van der Waals surface area contributed by atoms with E-state index in [1.165, 1.54) is 19.5 Å². The summed E-state index contributed by atoms with van der Waals surface area (Å²) < 4.78 is 5.62. The van der Waals surface area contributed by atoms with Gasteiger partial charge in [0.25, 0.3) is 5.69 Å². The first-order chi connectivity index (χ1) is 17.7. The first kappa shape index (κ1) is 24.6. The van der Waals surface area contributed by atoms with Gasteiger partial charge in [0.15, 0.2) is 0 Å². The van der Waals surface area contributed by atoms with Gasteiger partial charge in [0, 0.05) is 49.4 Å². The summed E-state index contributed by atoms with van der Waals surface area (Å²) in [6.45, 7) is 6.37. The van der Waals surface area contributed by atoms with E-state index in [4.69, 9.17) is 4.74 Å². The number of anilines is 5. The highest BCUT2D eigenvalue weighted by Crippen LogP contribution is 2.43. The van der Waals surface area contributed by atoms with Crippen molar-refractivity contribution in [2.75, 3.05) is 56.0 Å². The van der Waals surface area contributed by atoms with Crippen molar-refractivity contribution in [1.82, 2.24) is 24.8 Å². The number of methoxy groups -OCH3 is 1. The Hall–Kier alpha value is -4.06. The van der Waals surface area contributed by atoms with E-state index in [9.17, 15) is 10.1 Å². The third kappa shape index (κ3) is 4.59. The molecule has 3 aromatic rings. The van der Waals surface area contributed by atoms with Gasteiger partial charge in [-0.25, -0.2) is 9.97 Å². The molecule has 4 heterocycles. The van der Waals surface area contributed by atoms with Gasteiger partial charge in [0.05, 0.1) is 29.1 Å². The van der Waals surface area contributed by atoms with Crippen LogP contribution in [-0.4, -0.2) is 76.6 Å². The third-order valence-electron chi connectivity index (χ3n) is 7.05. The normalized spacial score (nSPS) is 18.3. The fourth-order valence-corrected chi connectivity index (χ4v) is 5.07. The molecule has 1 fully saturated rings. The van der Waals surface area contributed by atoms with E-state index in [0.717, 1.165) is 24.3 Å². The number of likely N-dealkylation sites (N-methyl/N-ethyl adjacent to an activating group) is 1. The highest BCUT2D eigenvalue weighted by Gasteiger charge is 2.38. The van der Waals surface area contributed by atoms with E-state index in [1.807, 2.05) is 36.0 Å². The lowest BCUT2D eigenvalue weighted by atomic mass is 9.91. The first-order valence-electron chi connectivity index (χ1n) is 12.1. The number of nitro benzene ring substituents is 1. The average molecular weight is 506 g/mol. The van der Waals surface area contributed by atoms with E-state index in [1.54, 1.807) is 12.3 Å². The van der Waals surface area contributed by atoms with Crippen molar-refractivity contribution in [2.24, 2.45) is 0 Å². The summed E-state index contributed by atoms with van der Waals surface area (Å²) >= 11 is 0. The minimum Gasteiger partial charge on any atom is -0.494 e. The number of benzene rings is 1. The SMILES string of the molecule is COc1cc(N2CC[C@@H](N(C)C)C2)c([N+](=O)[O-])cc1Nc1ncnc(N2CC(C)(C)c3ncccc32)n1. The molecule has 1 aromatic carbocycles. The Balaban J connectivity index is 1.46. The number of pyridine rings is 1. The fourth-order valence-electron chi connectivity index (χ4n) is 5.07. The second-order valence-electron chi connectivity index (χ2n) is 10.2. The van der Waals surface area contributed by atoms with Gasteiger partial charge in [-0.15, -0.1) is 0 Å². The van der Waals surface area contributed by atoms with Crippen molar-refractivity contribution in [3.63, 3.8) is 0 Å². The van der Waals surface area contributed by atoms with Crippen LogP contribution in [0, 0.1) is 10.1 Å². The van der Waals surface area contributed by atoms with Crippen molar-refractivity contribution in [1.29, 1.82) is 0 Å². The van der Waals surface area contributed by atoms with Crippen LogP contribution in [0.4, 0.5) is 34.6 Å². The molecule has 2 aliphatic rings. The summed E-state index contributed by atoms with van der Waals surface area (Å²) in [5.41, 5.74) is 2.70. The number of hydrogen-bond donors (Lipinski definition) is 1. The van der Waals surface area contributed by atoms with Gasteiger partial charge in [-0.3, -0.25) is 15.1 Å². The van der Waals surface area contributed by atoms with Gasteiger partial charge in [-0.2, -0.15) is 4.98 Å². The molecule has 0 radical (unpaired) electrons. The zero-order valence-corrected chi connectivity index (χ0v) is 21.7. The van der Waals surface area contributed by atoms with E-state index < -0.39 is 0 Å². The Labute approximate surface area is 215 Å². The highest BCUT2D eigenvalue weighted by atomic mass is 16.6. The largest absolute Gasteiger partial charge is 0.494 e. The van der Waals surface area contributed by atoms with Crippen LogP contribution in [0.1, 0.15) is 26.0 Å². The topological polar surface area (TPSA) is 126 Å². The van der Waals surface area contributed by atoms with Crippen LogP contribution >= 0.6 is 0 Å². The van der Waals surface area contributed by atoms with Crippen LogP contribution in [0.2, 0.25) is 0 Å². The Morgan fingerprint density at radius 2 is 2.03 bits per heavy atom. The zero-order valence-electron chi connectivity index (χ0n) is 21.7. The molecule has 2 aromatic heterocycles. The Kier molecular flexibility index (Phi) is 6.28. The molecule has 1 saturated heterocycles. The Morgan fingerprint density at radius 1 is 1.22 bits per heavy atom. The summed E-state index contributed by atoms with van der Waals surface area (Å²) in [5, 5.41) is 15.2. The molecule has 0 spiro atoms. The summed E-state index contributed by atoms with van der Waals surface area (Å²) in [6.07, 6.45) is 4.15. The summed E-state index contributed by atoms with van der Waals surface area (Å²) in [5.74, 6) is 1.19. The molecular weight excluding hydrogens is 474 g/mol. The van der Waals surface area contributed by atoms with Crippen LogP contribution in [0.5, 0.6) is 5.75 Å². The second-order valence-corrected chi connectivity index (χ2v) is 10.2. The van der Waals surface area contributed by atoms with Crippen LogP contribution in [0.3, 0.4) is 0 Å². The molecule has 0 amide bonds. The third-order valence-corrected chi connectivity index (χ3v) is 7.05. The molecule has 12 nitrogen and oxygen atoms in total. The van der Waals surface area contributed by atoms with E-state index in [0.29, 0.717) is 42.2 Å². The monoisotopic (exact) mass is 505 g/mol. The van der Waals surface area contributed by atoms with Crippen LogP contribution in [0.25, 0.3) is 0 Å². The summed E-state index contributed by atoms with van der Waals surface area (Å²) in [4.78, 5) is 35.7. The van der Waals surface area contributed by atoms with E-state index in [2.05, 4.69) is 44.0 Å². The smallest absolute Gasteiger partial charge is 0.294 e. The maximum Gasteiger partial charge on any atom is 0.294 e. The van der Waals surface area contributed by atoms with Gasteiger partial charge in [-0.1, -0.05) is 13.8 Å².